The van der Waals surface area contributed by atoms with Crippen LogP contribution in [0.5, 0.6) is 0 Å². The molecule has 22 heavy (non-hydrogen) atoms. The molecule has 3 nitrogen and oxygen atoms in total. The van der Waals surface area contributed by atoms with Gasteiger partial charge in [0.15, 0.2) is 6.10 Å². The Bertz CT molecular complexity index is 551. The summed E-state index contributed by atoms with van der Waals surface area (Å²) in [6.45, 7) is 1.83. The number of rotatable bonds is 2. The van der Waals surface area contributed by atoms with Crippen molar-refractivity contribution in [2.45, 2.75) is 32.0 Å². The molecule has 1 amide bonds. The largest absolute Gasteiger partial charge is 0.414 e. The van der Waals surface area contributed by atoms with Crippen LogP contribution in [0.25, 0.3) is 0 Å². The first-order chi connectivity index (χ1) is 10.2. The number of carbonyl (C=O) groups is 1. The Labute approximate surface area is 125 Å². The number of alkyl halides is 3. The number of hydrogen-bond donors (Lipinski definition) is 1. The normalized spacial score (nSPS) is 18.4. The molecule has 0 saturated carbocycles. The van der Waals surface area contributed by atoms with Crippen molar-refractivity contribution in [1.29, 1.82) is 0 Å². The van der Waals surface area contributed by atoms with E-state index in [1.807, 2.05) is 0 Å². The molecule has 7 heteroatoms. The number of likely N-dealkylation sites (tertiary alicyclic amines) is 1. The molecule has 1 aliphatic rings. The van der Waals surface area contributed by atoms with Gasteiger partial charge in [-0.1, -0.05) is 0 Å². The molecule has 1 unspecified atom stereocenters. The average Bonchev–Trinajstić information content (AvgIpc) is 2.48. The smallest absolute Gasteiger partial charge is 0.383 e. The number of nitrogens with zero attached hydrogens (tertiary/aromatic N) is 1. The third kappa shape index (κ3) is 3.58. The summed E-state index contributed by atoms with van der Waals surface area (Å²) in [6.07, 6.45) is -6.80. The van der Waals surface area contributed by atoms with Gasteiger partial charge in [0, 0.05) is 18.7 Å². The van der Waals surface area contributed by atoms with E-state index in [2.05, 4.69) is 0 Å². The minimum atomic E-state index is -4.63. The van der Waals surface area contributed by atoms with Crippen molar-refractivity contribution in [2.24, 2.45) is 5.92 Å². The van der Waals surface area contributed by atoms with E-state index < -0.39 is 24.0 Å². The van der Waals surface area contributed by atoms with Crippen molar-refractivity contribution in [3.63, 3.8) is 0 Å². The van der Waals surface area contributed by atoms with Crippen LogP contribution in [0.2, 0.25) is 0 Å². The van der Waals surface area contributed by atoms with Gasteiger partial charge < -0.3 is 10.0 Å². The standard InChI is InChI=1S/C15H17F4NO2/c1-9-8-11(2-3-12(9)16)14(22)20-6-4-10(5-7-20)13(21)15(17,18)19/h2-3,8,10,13,21H,4-7H2,1H3. The lowest BCUT2D eigenvalue weighted by molar-refractivity contribution is -0.222. The van der Waals surface area contributed by atoms with E-state index in [0.717, 1.165) is 0 Å². The van der Waals surface area contributed by atoms with Crippen molar-refractivity contribution in [3.8, 4) is 0 Å². The van der Waals surface area contributed by atoms with E-state index in [0.29, 0.717) is 11.1 Å². The number of hydrogen-bond acceptors (Lipinski definition) is 2. The Balaban J connectivity index is 1.99. The molecule has 122 valence electrons. The zero-order chi connectivity index (χ0) is 16.5. The molecule has 0 radical (unpaired) electrons. The fourth-order valence-corrected chi connectivity index (χ4v) is 2.65. The summed E-state index contributed by atoms with van der Waals surface area (Å²) in [7, 11) is 0. The first kappa shape index (κ1) is 16.7. The predicted octanol–water partition coefficient (Wildman–Crippen LogP) is 2.91. The molecule has 1 saturated heterocycles. The summed E-state index contributed by atoms with van der Waals surface area (Å²) in [6, 6.07) is 3.98. The molecule has 1 aromatic carbocycles. The maximum atomic E-state index is 13.2. The lowest BCUT2D eigenvalue weighted by atomic mass is 9.90. The zero-order valence-corrected chi connectivity index (χ0v) is 12.0. The number of benzene rings is 1. The fraction of sp³-hybridized carbons (Fsp3) is 0.533. The number of aliphatic hydroxyl groups is 1. The van der Waals surface area contributed by atoms with Crippen LogP contribution in [0.15, 0.2) is 18.2 Å². The molecule has 0 aromatic heterocycles. The van der Waals surface area contributed by atoms with Gasteiger partial charge in [0.2, 0.25) is 0 Å². The second-order valence-corrected chi connectivity index (χ2v) is 5.58. The quantitative estimate of drug-likeness (QED) is 0.852. The van der Waals surface area contributed by atoms with Gasteiger partial charge in [-0.3, -0.25) is 4.79 Å². The van der Waals surface area contributed by atoms with E-state index in [1.165, 1.54) is 30.0 Å². The van der Waals surface area contributed by atoms with Crippen LogP contribution in [0.1, 0.15) is 28.8 Å². The van der Waals surface area contributed by atoms with Gasteiger partial charge in [0.1, 0.15) is 5.82 Å². The van der Waals surface area contributed by atoms with Gasteiger partial charge in [0.25, 0.3) is 5.91 Å². The Morgan fingerprint density at radius 3 is 2.41 bits per heavy atom. The highest BCUT2D eigenvalue weighted by molar-refractivity contribution is 5.94. The molecule has 2 rings (SSSR count). The lowest BCUT2D eigenvalue weighted by Gasteiger charge is -2.34. The minimum Gasteiger partial charge on any atom is -0.383 e. The maximum absolute atomic E-state index is 13.2. The molecule has 1 heterocycles. The van der Waals surface area contributed by atoms with Gasteiger partial charge in [-0.05, 0) is 49.4 Å². The Morgan fingerprint density at radius 2 is 1.91 bits per heavy atom. The highest BCUT2D eigenvalue weighted by atomic mass is 19.4. The van der Waals surface area contributed by atoms with Crippen LogP contribution in [0.3, 0.4) is 0 Å². The van der Waals surface area contributed by atoms with E-state index >= 15 is 0 Å². The number of halogens is 4. The van der Waals surface area contributed by atoms with Crippen molar-refractivity contribution in [2.75, 3.05) is 13.1 Å². The Kier molecular flexibility index (Phi) is 4.75. The summed E-state index contributed by atoms with van der Waals surface area (Å²) in [5.41, 5.74) is 0.655. The van der Waals surface area contributed by atoms with Gasteiger partial charge in [-0.2, -0.15) is 13.2 Å². The summed E-state index contributed by atoms with van der Waals surface area (Å²) in [5, 5.41) is 9.25. The van der Waals surface area contributed by atoms with Crippen molar-refractivity contribution in [3.05, 3.63) is 35.1 Å². The molecule has 1 N–H and O–H groups in total. The summed E-state index contributed by atoms with van der Waals surface area (Å²) in [5.74, 6) is -1.63. The van der Waals surface area contributed by atoms with Gasteiger partial charge in [-0.15, -0.1) is 0 Å². The summed E-state index contributed by atoms with van der Waals surface area (Å²) >= 11 is 0. The summed E-state index contributed by atoms with van der Waals surface area (Å²) in [4.78, 5) is 13.7. The van der Waals surface area contributed by atoms with Crippen LogP contribution in [0, 0.1) is 18.7 Å². The number of carbonyl (C=O) groups excluding carboxylic acids is 1. The second-order valence-electron chi connectivity index (χ2n) is 5.58. The monoisotopic (exact) mass is 319 g/mol. The van der Waals surface area contributed by atoms with Crippen LogP contribution < -0.4 is 0 Å². The van der Waals surface area contributed by atoms with Gasteiger partial charge in [-0.25, -0.2) is 4.39 Å². The molecule has 0 aliphatic carbocycles. The number of piperidine rings is 1. The molecule has 0 bridgehead atoms. The van der Waals surface area contributed by atoms with Crippen molar-refractivity contribution < 1.29 is 27.5 Å². The second kappa shape index (κ2) is 6.24. The minimum absolute atomic E-state index is 0.0899. The molecule has 1 fully saturated rings. The zero-order valence-electron chi connectivity index (χ0n) is 12.0. The third-order valence-corrected chi connectivity index (χ3v) is 4.01. The third-order valence-electron chi connectivity index (χ3n) is 4.01. The molecule has 1 atom stereocenters. The first-order valence-electron chi connectivity index (χ1n) is 7.00. The predicted molar refractivity (Wildman–Crippen MR) is 71.8 cm³/mol. The number of aryl methyl sites for hydroxylation is 1. The average molecular weight is 319 g/mol. The van der Waals surface area contributed by atoms with E-state index in [1.54, 1.807) is 0 Å². The van der Waals surface area contributed by atoms with Crippen molar-refractivity contribution >= 4 is 5.91 Å². The molecule has 0 spiro atoms. The van der Waals surface area contributed by atoms with E-state index in [-0.39, 0.29) is 31.8 Å². The van der Waals surface area contributed by atoms with Crippen LogP contribution in [-0.2, 0) is 0 Å². The molecular weight excluding hydrogens is 302 g/mol. The first-order valence-corrected chi connectivity index (χ1v) is 7.00. The van der Waals surface area contributed by atoms with Gasteiger partial charge in [0.05, 0.1) is 0 Å². The lowest BCUT2D eigenvalue weighted by Crippen LogP contribution is -2.45. The molecule has 1 aromatic rings. The van der Waals surface area contributed by atoms with Crippen LogP contribution >= 0.6 is 0 Å². The van der Waals surface area contributed by atoms with Gasteiger partial charge >= 0.3 is 6.18 Å². The highest BCUT2D eigenvalue weighted by Gasteiger charge is 2.44. The number of amides is 1. The SMILES string of the molecule is Cc1cc(C(=O)N2CCC(C(O)C(F)(F)F)CC2)ccc1F. The Morgan fingerprint density at radius 1 is 1.32 bits per heavy atom. The van der Waals surface area contributed by atoms with E-state index in [4.69, 9.17) is 0 Å². The maximum Gasteiger partial charge on any atom is 0.414 e. The molecule has 1 aliphatic heterocycles. The summed E-state index contributed by atoms with van der Waals surface area (Å²) < 4.78 is 50.6. The topological polar surface area (TPSA) is 40.5 Å². The fourth-order valence-electron chi connectivity index (χ4n) is 2.65. The molecular formula is C15H17F4NO2. The van der Waals surface area contributed by atoms with E-state index in [9.17, 15) is 27.5 Å². The highest BCUT2D eigenvalue weighted by Crippen LogP contribution is 2.31. The Hall–Kier alpha value is -1.63. The van der Waals surface area contributed by atoms with Crippen LogP contribution in [-0.4, -0.2) is 41.3 Å². The van der Waals surface area contributed by atoms with Crippen LogP contribution in [0.4, 0.5) is 17.6 Å². The van der Waals surface area contributed by atoms with Crippen molar-refractivity contribution in [1.82, 2.24) is 4.90 Å². The number of aliphatic hydroxyl groups excluding tert-OH is 1.